The van der Waals surface area contributed by atoms with E-state index in [0.717, 1.165) is 25.4 Å². The van der Waals surface area contributed by atoms with Gasteiger partial charge in [-0.1, -0.05) is 18.5 Å². The minimum absolute atomic E-state index is 0.148. The zero-order chi connectivity index (χ0) is 10.9. The van der Waals surface area contributed by atoms with E-state index in [9.17, 15) is 4.39 Å². The van der Waals surface area contributed by atoms with Crippen molar-refractivity contribution in [3.05, 3.63) is 29.0 Å². The molecule has 1 saturated heterocycles. The van der Waals surface area contributed by atoms with Gasteiger partial charge in [0.05, 0.1) is 18.2 Å². The van der Waals surface area contributed by atoms with Gasteiger partial charge in [-0.3, -0.25) is 0 Å². The van der Waals surface area contributed by atoms with E-state index in [-0.39, 0.29) is 16.3 Å². The lowest BCUT2D eigenvalue weighted by molar-refractivity contribution is -0.0924. The average Bonchev–Trinajstić information content (AvgIpc) is 2.17. The predicted molar refractivity (Wildman–Crippen MR) is 58.8 cm³/mol. The fourth-order valence-electron chi connectivity index (χ4n) is 1.47. The highest BCUT2D eigenvalue weighted by Gasteiger charge is 2.32. The van der Waals surface area contributed by atoms with Gasteiger partial charge in [-0.05, 0) is 18.2 Å². The van der Waals surface area contributed by atoms with E-state index in [4.69, 9.17) is 16.3 Å². The van der Waals surface area contributed by atoms with Gasteiger partial charge >= 0.3 is 0 Å². The molecule has 1 heterocycles. The van der Waals surface area contributed by atoms with Crippen molar-refractivity contribution in [2.45, 2.75) is 6.92 Å². The minimum atomic E-state index is -0.389. The molecule has 1 fully saturated rings. The summed E-state index contributed by atoms with van der Waals surface area (Å²) < 4.78 is 18.0. The SMILES string of the molecule is CC1(CNc2ccc(F)c(Cl)c2)COC1. The molecule has 1 aromatic rings. The van der Waals surface area contributed by atoms with Crippen LogP contribution in [0.4, 0.5) is 10.1 Å². The van der Waals surface area contributed by atoms with Gasteiger partial charge in [0.2, 0.25) is 0 Å². The van der Waals surface area contributed by atoms with Crippen LogP contribution < -0.4 is 5.32 Å². The lowest BCUT2D eigenvalue weighted by atomic mass is 9.89. The molecule has 15 heavy (non-hydrogen) atoms. The Bertz CT molecular complexity index is 366. The van der Waals surface area contributed by atoms with Crippen molar-refractivity contribution in [3.63, 3.8) is 0 Å². The highest BCUT2D eigenvalue weighted by Crippen LogP contribution is 2.27. The number of benzene rings is 1. The monoisotopic (exact) mass is 229 g/mol. The van der Waals surface area contributed by atoms with E-state index in [1.165, 1.54) is 6.07 Å². The van der Waals surface area contributed by atoms with Gasteiger partial charge in [0, 0.05) is 17.6 Å². The van der Waals surface area contributed by atoms with Gasteiger partial charge in [-0.15, -0.1) is 0 Å². The van der Waals surface area contributed by atoms with E-state index < -0.39 is 0 Å². The summed E-state index contributed by atoms with van der Waals surface area (Å²) in [6.07, 6.45) is 0. The Kier molecular flexibility index (Phi) is 2.85. The number of hydrogen-bond donors (Lipinski definition) is 1. The maximum atomic E-state index is 12.9. The number of hydrogen-bond acceptors (Lipinski definition) is 2. The molecule has 1 aromatic carbocycles. The van der Waals surface area contributed by atoms with Gasteiger partial charge in [0.1, 0.15) is 5.82 Å². The van der Waals surface area contributed by atoms with Crippen LogP contribution >= 0.6 is 11.6 Å². The highest BCUT2D eigenvalue weighted by molar-refractivity contribution is 6.31. The summed E-state index contributed by atoms with van der Waals surface area (Å²) in [7, 11) is 0. The second-order valence-electron chi connectivity index (χ2n) is 4.29. The summed E-state index contributed by atoms with van der Waals surface area (Å²) in [6.45, 7) is 4.51. The maximum absolute atomic E-state index is 12.9. The standard InChI is InChI=1S/C11H13ClFNO/c1-11(6-15-7-11)5-14-8-2-3-10(13)9(12)4-8/h2-4,14H,5-7H2,1H3. The number of ether oxygens (including phenoxy) is 1. The Labute approximate surface area is 93.4 Å². The van der Waals surface area contributed by atoms with Crippen LogP contribution in [0.2, 0.25) is 5.02 Å². The summed E-state index contributed by atoms with van der Waals surface area (Å²) in [4.78, 5) is 0. The fraction of sp³-hybridized carbons (Fsp3) is 0.455. The molecule has 1 aliphatic rings. The van der Waals surface area contributed by atoms with Crippen LogP contribution in [0.1, 0.15) is 6.92 Å². The van der Waals surface area contributed by atoms with Crippen LogP contribution in [0.5, 0.6) is 0 Å². The van der Waals surface area contributed by atoms with Crippen molar-refractivity contribution in [2.75, 3.05) is 25.1 Å². The zero-order valence-electron chi connectivity index (χ0n) is 8.52. The molecule has 0 atom stereocenters. The third-order valence-corrected chi connectivity index (χ3v) is 2.83. The number of rotatable bonds is 3. The summed E-state index contributed by atoms with van der Waals surface area (Å²) in [5.41, 5.74) is 1.04. The van der Waals surface area contributed by atoms with Crippen molar-refractivity contribution < 1.29 is 9.13 Å². The molecular weight excluding hydrogens is 217 g/mol. The number of anilines is 1. The summed E-state index contributed by atoms with van der Waals surface area (Å²) in [5, 5.41) is 3.37. The second kappa shape index (κ2) is 3.99. The van der Waals surface area contributed by atoms with Crippen molar-refractivity contribution in [2.24, 2.45) is 5.41 Å². The zero-order valence-corrected chi connectivity index (χ0v) is 9.27. The lowest BCUT2D eigenvalue weighted by Crippen LogP contribution is -2.45. The van der Waals surface area contributed by atoms with Gasteiger partial charge in [0.25, 0.3) is 0 Å². The van der Waals surface area contributed by atoms with E-state index in [2.05, 4.69) is 12.2 Å². The fourth-order valence-corrected chi connectivity index (χ4v) is 1.65. The minimum Gasteiger partial charge on any atom is -0.384 e. The van der Waals surface area contributed by atoms with Crippen LogP contribution in [-0.4, -0.2) is 19.8 Å². The van der Waals surface area contributed by atoms with Crippen LogP contribution in [0.15, 0.2) is 18.2 Å². The normalized spacial score (nSPS) is 18.3. The summed E-state index contributed by atoms with van der Waals surface area (Å²) in [5.74, 6) is -0.389. The summed E-state index contributed by atoms with van der Waals surface area (Å²) >= 11 is 5.67. The molecule has 0 unspecified atom stereocenters. The van der Waals surface area contributed by atoms with Crippen molar-refractivity contribution in [3.8, 4) is 0 Å². The Morgan fingerprint density at radius 3 is 2.80 bits per heavy atom. The molecule has 0 spiro atoms. The molecule has 1 N–H and O–H groups in total. The van der Waals surface area contributed by atoms with E-state index >= 15 is 0 Å². The van der Waals surface area contributed by atoms with Gasteiger partial charge in [0.15, 0.2) is 0 Å². The molecular formula is C11H13ClFNO. The highest BCUT2D eigenvalue weighted by atomic mass is 35.5. The van der Waals surface area contributed by atoms with Crippen molar-refractivity contribution in [1.82, 2.24) is 0 Å². The smallest absolute Gasteiger partial charge is 0.141 e. The van der Waals surface area contributed by atoms with E-state index in [0.29, 0.717) is 0 Å². The Balaban J connectivity index is 1.96. The quantitative estimate of drug-likeness (QED) is 0.861. The maximum Gasteiger partial charge on any atom is 0.141 e. The molecule has 82 valence electrons. The number of halogens is 2. The lowest BCUT2D eigenvalue weighted by Gasteiger charge is -2.38. The molecule has 0 aliphatic carbocycles. The van der Waals surface area contributed by atoms with Gasteiger partial charge < -0.3 is 10.1 Å². The Morgan fingerprint density at radius 1 is 1.53 bits per heavy atom. The van der Waals surface area contributed by atoms with Crippen LogP contribution in [0.25, 0.3) is 0 Å². The third-order valence-electron chi connectivity index (χ3n) is 2.54. The van der Waals surface area contributed by atoms with Crippen LogP contribution in [-0.2, 0) is 4.74 Å². The molecule has 0 amide bonds. The molecule has 2 rings (SSSR count). The molecule has 0 bridgehead atoms. The average molecular weight is 230 g/mol. The van der Waals surface area contributed by atoms with Crippen LogP contribution in [0, 0.1) is 11.2 Å². The van der Waals surface area contributed by atoms with E-state index in [1.54, 1.807) is 12.1 Å². The van der Waals surface area contributed by atoms with E-state index in [1.807, 2.05) is 0 Å². The first-order valence-electron chi connectivity index (χ1n) is 4.86. The predicted octanol–water partition coefficient (Wildman–Crippen LogP) is 2.93. The topological polar surface area (TPSA) is 21.3 Å². The Morgan fingerprint density at radius 2 is 2.27 bits per heavy atom. The molecule has 0 radical (unpaired) electrons. The largest absolute Gasteiger partial charge is 0.384 e. The molecule has 0 saturated carbocycles. The summed E-state index contributed by atoms with van der Waals surface area (Å²) in [6, 6.07) is 4.65. The Hall–Kier alpha value is -0.800. The first kappa shape index (κ1) is 10.7. The van der Waals surface area contributed by atoms with Gasteiger partial charge in [-0.25, -0.2) is 4.39 Å². The van der Waals surface area contributed by atoms with Crippen molar-refractivity contribution >= 4 is 17.3 Å². The molecule has 0 aromatic heterocycles. The van der Waals surface area contributed by atoms with Crippen LogP contribution in [0.3, 0.4) is 0 Å². The first-order chi connectivity index (χ1) is 7.09. The third kappa shape index (κ3) is 2.41. The molecule has 2 nitrogen and oxygen atoms in total. The van der Waals surface area contributed by atoms with Crippen molar-refractivity contribution in [1.29, 1.82) is 0 Å². The number of nitrogens with one attached hydrogen (secondary N) is 1. The first-order valence-corrected chi connectivity index (χ1v) is 5.24. The van der Waals surface area contributed by atoms with Gasteiger partial charge in [-0.2, -0.15) is 0 Å². The molecule has 1 aliphatic heterocycles. The second-order valence-corrected chi connectivity index (χ2v) is 4.69. The molecule has 4 heteroatoms.